The molecule has 0 bridgehead atoms. The van der Waals surface area contributed by atoms with E-state index in [1.165, 1.54) is 0 Å². The Bertz CT molecular complexity index is 324. The van der Waals surface area contributed by atoms with Crippen LogP contribution in [0.1, 0.15) is 32.6 Å². The molecule has 1 saturated heterocycles. The summed E-state index contributed by atoms with van der Waals surface area (Å²) in [4.78, 5) is 24.5. The van der Waals surface area contributed by atoms with Crippen LogP contribution in [0, 0.1) is 5.92 Å². The van der Waals surface area contributed by atoms with E-state index in [4.69, 9.17) is 4.74 Å². The summed E-state index contributed by atoms with van der Waals surface area (Å²) in [7, 11) is 0. The van der Waals surface area contributed by atoms with Crippen molar-refractivity contribution in [1.82, 2.24) is 4.90 Å². The maximum atomic E-state index is 11.7. The summed E-state index contributed by atoms with van der Waals surface area (Å²) in [5, 5.41) is 0. The predicted octanol–water partition coefficient (Wildman–Crippen LogP) is 1.46. The molecular weight excluding hydrogens is 206 g/mol. The number of hydrogen-bond acceptors (Lipinski definition) is 3. The van der Waals surface area contributed by atoms with E-state index < -0.39 is 0 Å². The Morgan fingerprint density at radius 2 is 2.25 bits per heavy atom. The van der Waals surface area contributed by atoms with Crippen molar-refractivity contribution in [3.8, 4) is 0 Å². The van der Waals surface area contributed by atoms with Crippen LogP contribution in [-0.2, 0) is 14.3 Å². The van der Waals surface area contributed by atoms with Crippen molar-refractivity contribution in [2.75, 3.05) is 6.73 Å². The Morgan fingerprint density at radius 1 is 1.50 bits per heavy atom. The van der Waals surface area contributed by atoms with Gasteiger partial charge in [0.05, 0.1) is 12.0 Å². The number of hydrogen-bond donors (Lipinski definition) is 0. The average molecular weight is 223 g/mol. The van der Waals surface area contributed by atoms with Crippen molar-refractivity contribution in [1.29, 1.82) is 0 Å². The average Bonchev–Trinajstić information content (AvgIpc) is 2.29. The third kappa shape index (κ3) is 1.96. The molecule has 1 amide bonds. The van der Waals surface area contributed by atoms with Crippen molar-refractivity contribution in [3.63, 3.8) is 0 Å². The Hall–Kier alpha value is -1.32. The second-order valence-corrected chi connectivity index (χ2v) is 4.32. The van der Waals surface area contributed by atoms with Gasteiger partial charge in [0, 0.05) is 6.42 Å². The molecule has 2 aliphatic rings. The van der Waals surface area contributed by atoms with Crippen LogP contribution in [-0.4, -0.2) is 29.5 Å². The van der Waals surface area contributed by atoms with Gasteiger partial charge in [-0.15, -0.1) is 0 Å². The lowest BCUT2D eigenvalue weighted by Gasteiger charge is -2.47. The smallest absolute Gasteiger partial charge is 0.307 e. The third-order valence-corrected chi connectivity index (χ3v) is 3.22. The summed E-state index contributed by atoms with van der Waals surface area (Å²) in [5.74, 6) is 0.0404. The van der Waals surface area contributed by atoms with Gasteiger partial charge in [0.1, 0.15) is 0 Å². The molecule has 1 heterocycles. The molecule has 1 fully saturated rings. The topological polar surface area (TPSA) is 46.6 Å². The van der Waals surface area contributed by atoms with Crippen LogP contribution >= 0.6 is 0 Å². The molecule has 4 heteroatoms. The van der Waals surface area contributed by atoms with E-state index in [-0.39, 0.29) is 30.6 Å². The van der Waals surface area contributed by atoms with Gasteiger partial charge >= 0.3 is 5.97 Å². The highest BCUT2D eigenvalue weighted by molar-refractivity contribution is 5.86. The molecular formula is C12H17NO3. The van der Waals surface area contributed by atoms with E-state index in [0.717, 1.165) is 19.3 Å². The summed E-state index contributed by atoms with van der Waals surface area (Å²) in [6, 6.07) is 0.256. The summed E-state index contributed by atoms with van der Waals surface area (Å²) >= 11 is 0. The van der Waals surface area contributed by atoms with Crippen LogP contribution in [0.2, 0.25) is 0 Å². The summed E-state index contributed by atoms with van der Waals surface area (Å²) in [6.07, 6.45) is 7.08. The standard InChI is InChI=1S/C12H17NO3/c1-2-5-11(14)16-8-13-10-7-4-3-6-9(10)12(13)15/h3-4,9-10H,2,5-8H2,1H3/t9-,10+/m1/s1. The number of amides is 1. The minimum absolute atomic E-state index is 0.124. The van der Waals surface area contributed by atoms with Crippen LogP contribution in [0.25, 0.3) is 0 Å². The van der Waals surface area contributed by atoms with E-state index in [9.17, 15) is 9.59 Å². The summed E-state index contributed by atoms with van der Waals surface area (Å²) < 4.78 is 5.05. The van der Waals surface area contributed by atoms with Crippen LogP contribution in [0.4, 0.5) is 0 Å². The van der Waals surface area contributed by atoms with Gasteiger partial charge in [-0.05, 0) is 19.3 Å². The number of fused-ring (bicyclic) bond motifs is 1. The molecule has 0 radical (unpaired) electrons. The first-order valence-corrected chi connectivity index (χ1v) is 5.85. The molecule has 0 aromatic carbocycles. The number of nitrogens with zero attached hydrogens (tertiary/aromatic N) is 1. The minimum atomic E-state index is -0.217. The molecule has 0 N–H and O–H groups in total. The number of ether oxygens (including phenoxy) is 1. The van der Waals surface area contributed by atoms with Gasteiger partial charge in [-0.3, -0.25) is 9.59 Å². The molecule has 0 saturated carbocycles. The molecule has 16 heavy (non-hydrogen) atoms. The fourth-order valence-corrected chi connectivity index (χ4v) is 2.28. The Kier molecular flexibility index (Phi) is 3.27. The van der Waals surface area contributed by atoms with Crippen LogP contribution in [0.5, 0.6) is 0 Å². The minimum Gasteiger partial charge on any atom is -0.444 e. The Morgan fingerprint density at radius 3 is 3.00 bits per heavy atom. The highest BCUT2D eigenvalue weighted by Gasteiger charge is 2.46. The van der Waals surface area contributed by atoms with Crippen molar-refractivity contribution >= 4 is 11.9 Å². The van der Waals surface area contributed by atoms with E-state index in [1.807, 2.05) is 6.92 Å². The second-order valence-electron chi connectivity index (χ2n) is 4.32. The summed E-state index contributed by atoms with van der Waals surface area (Å²) in [5.41, 5.74) is 0. The van der Waals surface area contributed by atoms with Crippen molar-refractivity contribution in [2.45, 2.75) is 38.6 Å². The van der Waals surface area contributed by atoms with Gasteiger partial charge in [-0.2, -0.15) is 0 Å². The number of carbonyl (C=O) groups is 2. The van der Waals surface area contributed by atoms with E-state index >= 15 is 0 Å². The summed E-state index contributed by atoms with van der Waals surface area (Å²) in [6.45, 7) is 2.06. The fraction of sp³-hybridized carbons (Fsp3) is 0.667. The van der Waals surface area contributed by atoms with Gasteiger partial charge in [0.2, 0.25) is 5.91 Å². The Balaban J connectivity index is 1.81. The van der Waals surface area contributed by atoms with Gasteiger partial charge in [0.25, 0.3) is 0 Å². The molecule has 88 valence electrons. The van der Waals surface area contributed by atoms with Gasteiger partial charge in [-0.25, -0.2) is 0 Å². The molecule has 2 rings (SSSR count). The van der Waals surface area contributed by atoms with E-state index in [1.54, 1.807) is 4.90 Å². The monoisotopic (exact) mass is 223 g/mol. The zero-order valence-corrected chi connectivity index (χ0v) is 9.52. The number of esters is 1. The van der Waals surface area contributed by atoms with Gasteiger partial charge in [-0.1, -0.05) is 19.1 Å². The van der Waals surface area contributed by atoms with Crippen LogP contribution in [0.15, 0.2) is 12.2 Å². The SMILES string of the molecule is CCCC(=O)OCN1C(=O)[C@@H]2CC=CC[C@@H]21. The lowest BCUT2D eigenvalue weighted by atomic mass is 9.80. The van der Waals surface area contributed by atoms with Crippen molar-refractivity contribution in [3.05, 3.63) is 12.2 Å². The number of carbonyl (C=O) groups excluding carboxylic acids is 2. The molecule has 2 atom stereocenters. The van der Waals surface area contributed by atoms with E-state index in [2.05, 4.69) is 12.2 Å². The Labute approximate surface area is 95.2 Å². The fourth-order valence-electron chi connectivity index (χ4n) is 2.28. The predicted molar refractivity (Wildman–Crippen MR) is 58.4 cm³/mol. The van der Waals surface area contributed by atoms with Gasteiger partial charge in [0.15, 0.2) is 6.73 Å². The highest BCUT2D eigenvalue weighted by Crippen LogP contribution is 2.35. The zero-order chi connectivity index (χ0) is 11.5. The first-order valence-electron chi connectivity index (χ1n) is 5.85. The maximum absolute atomic E-state index is 11.7. The second kappa shape index (κ2) is 4.68. The number of rotatable bonds is 4. The third-order valence-electron chi connectivity index (χ3n) is 3.22. The normalized spacial score (nSPS) is 27.3. The number of likely N-dealkylation sites (tertiary alicyclic amines) is 1. The molecule has 1 aliphatic carbocycles. The first kappa shape index (κ1) is 11.2. The lowest BCUT2D eigenvalue weighted by molar-refractivity contribution is -0.172. The molecule has 4 nitrogen and oxygen atoms in total. The number of β-lactam (4-membered cyclic amide) rings is 1. The van der Waals surface area contributed by atoms with E-state index in [0.29, 0.717) is 6.42 Å². The lowest BCUT2D eigenvalue weighted by Crippen LogP contribution is -2.61. The molecule has 0 unspecified atom stereocenters. The van der Waals surface area contributed by atoms with Gasteiger partial charge < -0.3 is 9.64 Å². The van der Waals surface area contributed by atoms with Crippen molar-refractivity contribution in [2.24, 2.45) is 5.92 Å². The molecule has 1 aliphatic heterocycles. The maximum Gasteiger partial charge on any atom is 0.307 e. The van der Waals surface area contributed by atoms with Crippen molar-refractivity contribution < 1.29 is 14.3 Å². The molecule has 0 spiro atoms. The number of allylic oxidation sites excluding steroid dienone is 1. The quantitative estimate of drug-likeness (QED) is 0.412. The highest BCUT2D eigenvalue weighted by atomic mass is 16.5. The largest absolute Gasteiger partial charge is 0.444 e. The first-order chi connectivity index (χ1) is 7.74. The molecule has 0 aromatic heterocycles. The van der Waals surface area contributed by atoms with Crippen LogP contribution in [0.3, 0.4) is 0 Å². The van der Waals surface area contributed by atoms with Crippen LogP contribution < -0.4 is 0 Å². The zero-order valence-electron chi connectivity index (χ0n) is 9.52. The molecule has 0 aromatic rings.